The first-order chi connectivity index (χ1) is 7.54. The molecule has 0 bridgehead atoms. The van der Waals surface area contributed by atoms with Crippen molar-refractivity contribution in [2.24, 2.45) is 0 Å². The molecule has 1 unspecified atom stereocenters. The van der Waals surface area contributed by atoms with Gasteiger partial charge in [-0.1, -0.05) is 18.2 Å². The van der Waals surface area contributed by atoms with E-state index >= 15 is 0 Å². The maximum atomic E-state index is 11.9. The van der Waals surface area contributed by atoms with E-state index in [0.29, 0.717) is 0 Å². The molecule has 0 aliphatic rings. The molecule has 0 saturated carbocycles. The Morgan fingerprint density at radius 3 is 2.38 bits per heavy atom. The van der Waals surface area contributed by atoms with Gasteiger partial charge in [0.05, 0.1) is 11.0 Å². The van der Waals surface area contributed by atoms with E-state index in [-0.39, 0.29) is 4.90 Å². The number of carbonyl (C=O) groups excluding carboxylic acids is 1. The number of sulfone groups is 1. The molecule has 0 spiro atoms. The number of rotatable bonds is 3. The van der Waals surface area contributed by atoms with E-state index in [1.54, 1.807) is 6.07 Å². The number of carbonyl (C=O) groups is 1. The van der Waals surface area contributed by atoms with Crippen molar-refractivity contribution in [1.82, 2.24) is 5.32 Å². The highest BCUT2D eigenvalue weighted by Crippen LogP contribution is 2.15. The second-order valence-corrected chi connectivity index (χ2v) is 5.01. The summed E-state index contributed by atoms with van der Waals surface area (Å²) in [5.41, 5.74) is 0. The van der Waals surface area contributed by atoms with Crippen LogP contribution in [0.3, 0.4) is 0 Å². The predicted octanol–water partition coefficient (Wildman–Crippen LogP) is 0.0985. The molecule has 0 saturated heterocycles. The van der Waals surface area contributed by atoms with Gasteiger partial charge in [0, 0.05) is 7.05 Å². The summed E-state index contributed by atoms with van der Waals surface area (Å²) < 4.78 is 23.8. The quantitative estimate of drug-likeness (QED) is 0.809. The molecule has 1 N–H and O–H groups in total. The molecule has 16 heavy (non-hydrogen) atoms. The molecule has 1 aromatic carbocycles. The highest BCUT2D eigenvalue weighted by atomic mass is 32.2. The van der Waals surface area contributed by atoms with E-state index < -0.39 is 21.0 Å². The summed E-state index contributed by atoms with van der Waals surface area (Å²) in [6, 6.07) is 8.91. The fourth-order valence-electron chi connectivity index (χ4n) is 1.15. The molecule has 1 rings (SSSR count). The van der Waals surface area contributed by atoms with Crippen molar-refractivity contribution < 1.29 is 13.2 Å². The van der Waals surface area contributed by atoms with E-state index in [2.05, 4.69) is 5.32 Å². The van der Waals surface area contributed by atoms with Crippen molar-refractivity contribution in [2.75, 3.05) is 7.05 Å². The topological polar surface area (TPSA) is 87.0 Å². The Hall–Kier alpha value is -1.87. The standard InChI is InChI=1S/C10H10N2O3S/c1-12-10(13)9(7-11)16(14,15)8-5-3-2-4-6-8/h2-6,9H,1H3,(H,12,13). The molecule has 5 nitrogen and oxygen atoms in total. The molecular weight excluding hydrogens is 228 g/mol. The zero-order chi connectivity index (χ0) is 12.2. The van der Waals surface area contributed by atoms with Gasteiger partial charge in [0.2, 0.25) is 15.1 Å². The Bertz CT molecular complexity index is 517. The molecule has 0 heterocycles. The largest absolute Gasteiger partial charge is 0.357 e. The molecule has 1 amide bonds. The van der Waals surface area contributed by atoms with E-state index in [0.717, 1.165) is 0 Å². The van der Waals surface area contributed by atoms with E-state index in [4.69, 9.17) is 5.26 Å². The summed E-state index contributed by atoms with van der Waals surface area (Å²) in [4.78, 5) is 11.2. The SMILES string of the molecule is CNC(=O)C(C#N)S(=O)(=O)c1ccccc1. The van der Waals surface area contributed by atoms with Gasteiger partial charge in [0.15, 0.2) is 0 Å². The smallest absolute Gasteiger partial charge is 0.253 e. The first kappa shape index (κ1) is 12.2. The van der Waals surface area contributed by atoms with Crippen LogP contribution in [0.15, 0.2) is 35.2 Å². The van der Waals surface area contributed by atoms with Gasteiger partial charge in [-0.25, -0.2) is 8.42 Å². The van der Waals surface area contributed by atoms with Gasteiger partial charge in [0.1, 0.15) is 0 Å². The molecule has 0 aliphatic carbocycles. The van der Waals surface area contributed by atoms with Crippen molar-refractivity contribution in [3.63, 3.8) is 0 Å². The Morgan fingerprint density at radius 2 is 1.94 bits per heavy atom. The maximum Gasteiger partial charge on any atom is 0.253 e. The molecule has 0 aliphatic heterocycles. The average Bonchev–Trinajstić information content (AvgIpc) is 2.30. The summed E-state index contributed by atoms with van der Waals surface area (Å²) in [5.74, 6) is -0.827. The van der Waals surface area contributed by atoms with Crippen molar-refractivity contribution >= 4 is 15.7 Å². The molecule has 0 radical (unpaired) electrons. The van der Waals surface area contributed by atoms with Crippen LogP contribution in [-0.2, 0) is 14.6 Å². The summed E-state index contributed by atoms with van der Waals surface area (Å²) in [6.45, 7) is 0. The summed E-state index contributed by atoms with van der Waals surface area (Å²) in [5, 5.41) is 9.18. The third-order valence-electron chi connectivity index (χ3n) is 1.98. The molecular formula is C10H10N2O3S. The van der Waals surface area contributed by atoms with Crippen LogP contribution >= 0.6 is 0 Å². The van der Waals surface area contributed by atoms with Crippen LogP contribution in [0.2, 0.25) is 0 Å². The van der Waals surface area contributed by atoms with E-state index in [1.807, 2.05) is 0 Å². The zero-order valence-corrected chi connectivity index (χ0v) is 9.36. The average molecular weight is 238 g/mol. The Morgan fingerprint density at radius 1 is 1.38 bits per heavy atom. The number of amides is 1. The van der Waals surface area contributed by atoms with E-state index in [9.17, 15) is 13.2 Å². The normalized spacial score (nSPS) is 12.5. The lowest BCUT2D eigenvalue weighted by atomic mass is 10.4. The monoisotopic (exact) mass is 238 g/mol. The van der Waals surface area contributed by atoms with Gasteiger partial charge in [-0.3, -0.25) is 4.79 Å². The second kappa shape index (κ2) is 4.77. The third kappa shape index (κ3) is 2.20. The minimum absolute atomic E-state index is 0.0369. The fourth-order valence-corrected chi connectivity index (χ4v) is 2.49. The fraction of sp³-hybridized carbons (Fsp3) is 0.200. The van der Waals surface area contributed by atoms with Crippen LogP contribution in [0.4, 0.5) is 0 Å². The Kier molecular flexibility index (Phi) is 3.64. The van der Waals surface area contributed by atoms with Gasteiger partial charge in [-0.15, -0.1) is 0 Å². The minimum atomic E-state index is -3.94. The van der Waals surface area contributed by atoms with Crippen molar-refractivity contribution in [3.8, 4) is 6.07 Å². The molecule has 1 atom stereocenters. The van der Waals surface area contributed by atoms with Crippen LogP contribution < -0.4 is 5.32 Å². The number of nitriles is 1. The van der Waals surface area contributed by atoms with Crippen molar-refractivity contribution in [3.05, 3.63) is 30.3 Å². The zero-order valence-electron chi connectivity index (χ0n) is 8.54. The minimum Gasteiger partial charge on any atom is -0.357 e. The molecule has 6 heteroatoms. The van der Waals surface area contributed by atoms with Crippen LogP contribution in [-0.4, -0.2) is 26.6 Å². The van der Waals surface area contributed by atoms with Gasteiger partial charge >= 0.3 is 0 Å². The number of nitrogens with zero attached hydrogens (tertiary/aromatic N) is 1. The van der Waals surface area contributed by atoms with Gasteiger partial charge in [-0.05, 0) is 12.1 Å². The van der Waals surface area contributed by atoms with Crippen molar-refractivity contribution in [1.29, 1.82) is 5.26 Å². The lowest BCUT2D eigenvalue weighted by Crippen LogP contribution is -2.36. The van der Waals surface area contributed by atoms with Crippen LogP contribution in [0.5, 0.6) is 0 Å². The highest BCUT2D eigenvalue weighted by molar-refractivity contribution is 7.93. The molecule has 1 aromatic rings. The van der Waals surface area contributed by atoms with Gasteiger partial charge in [-0.2, -0.15) is 5.26 Å². The molecule has 84 valence electrons. The first-order valence-electron chi connectivity index (χ1n) is 4.44. The third-order valence-corrected chi connectivity index (χ3v) is 3.85. The summed E-state index contributed by atoms with van der Waals surface area (Å²) in [7, 11) is -2.65. The lowest BCUT2D eigenvalue weighted by molar-refractivity contribution is -0.119. The van der Waals surface area contributed by atoms with Crippen LogP contribution in [0.1, 0.15) is 0 Å². The number of nitrogens with one attached hydrogen (secondary N) is 1. The highest BCUT2D eigenvalue weighted by Gasteiger charge is 2.33. The number of benzene rings is 1. The summed E-state index contributed by atoms with van der Waals surface area (Å²) in [6.07, 6.45) is 0. The number of hydrogen-bond donors (Lipinski definition) is 1. The Labute approximate surface area is 93.6 Å². The Balaban J connectivity index is 3.22. The predicted molar refractivity (Wildman–Crippen MR) is 57.1 cm³/mol. The lowest BCUT2D eigenvalue weighted by Gasteiger charge is -2.08. The molecule has 0 aromatic heterocycles. The van der Waals surface area contributed by atoms with E-state index in [1.165, 1.54) is 37.4 Å². The van der Waals surface area contributed by atoms with Crippen LogP contribution in [0.25, 0.3) is 0 Å². The molecule has 0 fully saturated rings. The maximum absolute atomic E-state index is 11.9. The number of hydrogen-bond acceptors (Lipinski definition) is 4. The summed E-state index contributed by atoms with van der Waals surface area (Å²) >= 11 is 0. The van der Waals surface area contributed by atoms with Crippen LogP contribution in [0, 0.1) is 11.3 Å². The van der Waals surface area contributed by atoms with Gasteiger partial charge in [0.25, 0.3) is 5.91 Å². The second-order valence-electron chi connectivity index (χ2n) is 2.98. The van der Waals surface area contributed by atoms with Crippen molar-refractivity contribution in [2.45, 2.75) is 10.1 Å². The van der Waals surface area contributed by atoms with Gasteiger partial charge < -0.3 is 5.32 Å². The first-order valence-corrected chi connectivity index (χ1v) is 5.99.